The summed E-state index contributed by atoms with van der Waals surface area (Å²) < 4.78 is 8.47. The number of aromatic nitrogens is 2. The highest BCUT2D eigenvalue weighted by Gasteiger charge is 2.31. The molecule has 3 amide bonds. The number of nitrogens with one attached hydrogen (secondary N) is 2. The van der Waals surface area contributed by atoms with Crippen LogP contribution in [-0.2, 0) is 21.4 Å². The summed E-state index contributed by atoms with van der Waals surface area (Å²) in [7, 11) is 1.73. The third-order valence-corrected chi connectivity index (χ3v) is 8.45. The molecule has 2 aromatic rings. The highest BCUT2D eigenvalue weighted by Crippen LogP contribution is 2.27. The minimum absolute atomic E-state index is 0.228. The van der Waals surface area contributed by atoms with Crippen molar-refractivity contribution in [1.29, 1.82) is 0 Å². The second kappa shape index (κ2) is 11.8. The van der Waals surface area contributed by atoms with Crippen molar-refractivity contribution in [2.45, 2.75) is 64.5 Å². The van der Waals surface area contributed by atoms with Crippen molar-refractivity contribution in [3.63, 3.8) is 0 Å². The predicted octanol–water partition coefficient (Wildman–Crippen LogP) is 1.98. The number of carbonyl (C=O) groups excluding carboxylic acids is 3. The molecule has 2 N–H and O–H groups in total. The average molecular weight is 570 g/mol. The SMILES string of the molecule is Cn1c(=O)n(C2CCC(=O)NC2=O)c2ccc(N3CCN(CCC4CCN(NC(=O)OC(C)(C)C)CC4)CC3)cc21. The molecule has 0 radical (unpaired) electrons. The molecule has 41 heavy (non-hydrogen) atoms. The summed E-state index contributed by atoms with van der Waals surface area (Å²) >= 11 is 0. The lowest BCUT2D eigenvalue weighted by Crippen LogP contribution is -2.49. The number of piperidine rings is 2. The number of imidazole rings is 1. The van der Waals surface area contributed by atoms with Crippen LogP contribution in [-0.4, -0.2) is 88.4 Å². The summed E-state index contributed by atoms with van der Waals surface area (Å²) in [5.41, 5.74) is 4.68. The first-order valence-corrected chi connectivity index (χ1v) is 14.7. The highest BCUT2D eigenvalue weighted by molar-refractivity contribution is 6.00. The Morgan fingerprint density at radius 1 is 1.00 bits per heavy atom. The van der Waals surface area contributed by atoms with Crippen LogP contribution in [0.5, 0.6) is 0 Å². The van der Waals surface area contributed by atoms with Gasteiger partial charge in [0, 0.05) is 58.4 Å². The van der Waals surface area contributed by atoms with E-state index in [9.17, 15) is 19.2 Å². The van der Waals surface area contributed by atoms with Gasteiger partial charge in [-0.05, 0) is 77.1 Å². The first kappa shape index (κ1) is 29.1. The zero-order valence-corrected chi connectivity index (χ0v) is 24.6. The first-order chi connectivity index (χ1) is 19.5. The smallest absolute Gasteiger partial charge is 0.422 e. The van der Waals surface area contributed by atoms with Crippen LogP contribution in [0.1, 0.15) is 58.9 Å². The van der Waals surface area contributed by atoms with Crippen molar-refractivity contribution in [2.75, 3.05) is 50.7 Å². The van der Waals surface area contributed by atoms with Gasteiger partial charge in [0.15, 0.2) is 0 Å². The largest absolute Gasteiger partial charge is 0.443 e. The van der Waals surface area contributed by atoms with E-state index in [4.69, 9.17) is 4.74 Å². The van der Waals surface area contributed by atoms with Gasteiger partial charge < -0.3 is 9.64 Å². The molecule has 3 aliphatic rings. The minimum Gasteiger partial charge on any atom is -0.443 e. The predicted molar refractivity (Wildman–Crippen MR) is 156 cm³/mol. The number of carbonyl (C=O) groups is 3. The molecule has 12 nitrogen and oxygen atoms in total. The fourth-order valence-corrected chi connectivity index (χ4v) is 6.14. The molecule has 1 atom stereocenters. The molecule has 5 rings (SSSR count). The molecule has 1 aromatic heterocycles. The zero-order valence-electron chi connectivity index (χ0n) is 24.6. The van der Waals surface area contributed by atoms with Crippen LogP contribution in [0, 0.1) is 5.92 Å². The molecule has 1 aromatic carbocycles. The molecule has 3 saturated heterocycles. The van der Waals surface area contributed by atoms with E-state index in [1.807, 2.05) is 44.0 Å². The second-order valence-corrected chi connectivity index (χ2v) is 12.5. The number of anilines is 1. The van der Waals surface area contributed by atoms with E-state index in [0.29, 0.717) is 17.9 Å². The Kier molecular flexibility index (Phi) is 8.42. The molecule has 3 fully saturated rings. The second-order valence-electron chi connectivity index (χ2n) is 12.5. The molecular formula is C29H43N7O5. The van der Waals surface area contributed by atoms with Crippen LogP contribution in [0.2, 0.25) is 0 Å². The average Bonchev–Trinajstić information content (AvgIpc) is 3.16. The highest BCUT2D eigenvalue weighted by atomic mass is 16.6. The third kappa shape index (κ3) is 6.75. The number of hydrazine groups is 1. The summed E-state index contributed by atoms with van der Waals surface area (Å²) in [6.07, 6.45) is 3.45. The number of imide groups is 1. The quantitative estimate of drug-likeness (QED) is 0.507. The molecule has 12 heteroatoms. The molecule has 0 aliphatic carbocycles. The van der Waals surface area contributed by atoms with E-state index in [1.165, 1.54) is 4.57 Å². The van der Waals surface area contributed by atoms with Crippen molar-refractivity contribution in [3.8, 4) is 0 Å². The number of fused-ring (bicyclic) bond motifs is 1. The molecule has 0 bridgehead atoms. The summed E-state index contributed by atoms with van der Waals surface area (Å²) in [6.45, 7) is 12.1. The summed E-state index contributed by atoms with van der Waals surface area (Å²) in [5, 5.41) is 4.33. The Balaban J connectivity index is 1.11. The van der Waals surface area contributed by atoms with Gasteiger partial charge in [-0.25, -0.2) is 14.6 Å². The van der Waals surface area contributed by atoms with Gasteiger partial charge in [0.2, 0.25) is 11.8 Å². The van der Waals surface area contributed by atoms with Gasteiger partial charge in [0.05, 0.1) is 11.0 Å². The van der Waals surface area contributed by atoms with Gasteiger partial charge in [0.25, 0.3) is 0 Å². The van der Waals surface area contributed by atoms with Crippen LogP contribution < -0.4 is 21.3 Å². The monoisotopic (exact) mass is 569 g/mol. The normalized spacial score (nSPS) is 21.8. The van der Waals surface area contributed by atoms with Crippen molar-refractivity contribution in [2.24, 2.45) is 13.0 Å². The number of hydrogen-bond donors (Lipinski definition) is 2. The third-order valence-electron chi connectivity index (χ3n) is 8.45. The number of nitrogens with zero attached hydrogens (tertiary/aromatic N) is 5. The van der Waals surface area contributed by atoms with E-state index in [-0.39, 0.29) is 24.1 Å². The number of rotatable bonds is 6. The molecule has 224 valence electrons. The number of benzene rings is 1. The number of ether oxygens (including phenoxy) is 1. The lowest BCUT2D eigenvalue weighted by Gasteiger charge is -2.37. The Labute approximate surface area is 240 Å². The van der Waals surface area contributed by atoms with E-state index in [0.717, 1.165) is 76.3 Å². The lowest BCUT2D eigenvalue weighted by atomic mass is 9.94. The fraction of sp³-hybridized carbons (Fsp3) is 0.655. The summed E-state index contributed by atoms with van der Waals surface area (Å²) in [6, 6.07) is 5.31. The molecule has 0 spiro atoms. The molecule has 0 saturated carbocycles. The standard InChI is InChI=1S/C29H43N7O5/c1-29(2,3)41-27(39)31-35-13-10-20(11-14-35)9-12-33-15-17-34(18-16-33)21-5-6-22-24(19-21)32(4)28(40)36(22)23-7-8-25(37)30-26(23)38/h5-6,19-20,23H,7-18H2,1-4H3,(H,31,39)(H,30,37,38). The van der Waals surface area contributed by atoms with Crippen molar-refractivity contribution in [1.82, 2.24) is 29.8 Å². The van der Waals surface area contributed by atoms with Crippen molar-refractivity contribution >= 4 is 34.6 Å². The minimum atomic E-state index is -0.674. The molecule has 1 unspecified atom stereocenters. The van der Waals surface area contributed by atoms with Gasteiger partial charge in [-0.3, -0.25) is 34.4 Å². The van der Waals surface area contributed by atoms with E-state index in [2.05, 4.69) is 20.5 Å². The first-order valence-electron chi connectivity index (χ1n) is 14.7. The maximum atomic E-state index is 13.1. The van der Waals surface area contributed by atoms with Crippen LogP contribution in [0.3, 0.4) is 0 Å². The Morgan fingerprint density at radius 3 is 2.37 bits per heavy atom. The Morgan fingerprint density at radius 2 is 1.71 bits per heavy atom. The van der Waals surface area contributed by atoms with Gasteiger partial charge >= 0.3 is 11.8 Å². The number of amides is 3. The van der Waals surface area contributed by atoms with E-state index in [1.54, 1.807) is 11.6 Å². The van der Waals surface area contributed by atoms with Crippen LogP contribution >= 0.6 is 0 Å². The van der Waals surface area contributed by atoms with Crippen LogP contribution in [0.25, 0.3) is 11.0 Å². The van der Waals surface area contributed by atoms with Crippen molar-refractivity contribution < 1.29 is 19.1 Å². The number of aryl methyl sites for hydroxylation is 1. The summed E-state index contributed by atoms with van der Waals surface area (Å²) in [5.74, 6) is -0.0557. The maximum Gasteiger partial charge on any atom is 0.422 e. The van der Waals surface area contributed by atoms with Gasteiger partial charge in [-0.1, -0.05) is 0 Å². The molecular weight excluding hydrogens is 526 g/mol. The van der Waals surface area contributed by atoms with Gasteiger partial charge in [0.1, 0.15) is 11.6 Å². The lowest BCUT2D eigenvalue weighted by molar-refractivity contribution is -0.135. The number of hydrogen-bond acceptors (Lipinski definition) is 8. The maximum absolute atomic E-state index is 13.1. The van der Waals surface area contributed by atoms with E-state index >= 15 is 0 Å². The van der Waals surface area contributed by atoms with Crippen LogP contribution in [0.4, 0.5) is 10.5 Å². The number of piperazine rings is 1. The zero-order chi connectivity index (χ0) is 29.3. The molecule has 3 aliphatic heterocycles. The molecule has 4 heterocycles. The summed E-state index contributed by atoms with van der Waals surface area (Å²) in [4.78, 5) is 54.0. The van der Waals surface area contributed by atoms with E-state index < -0.39 is 17.6 Å². The topological polar surface area (TPSA) is 121 Å². The Bertz CT molecular complexity index is 1340. The Hall–Kier alpha value is -3.38. The fourth-order valence-electron chi connectivity index (χ4n) is 6.14. The van der Waals surface area contributed by atoms with Gasteiger partial charge in [-0.15, -0.1) is 0 Å². The van der Waals surface area contributed by atoms with Gasteiger partial charge in [-0.2, -0.15) is 0 Å². The van der Waals surface area contributed by atoms with Crippen LogP contribution in [0.15, 0.2) is 23.0 Å². The van der Waals surface area contributed by atoms with Crippen molar-refractivity contribution in [3.05, 3.63) is 28.7 Å².